The molecule has 0 radical (unpaired) electrons. The molecule has 24 heavy (non-hydrogen) atoms. The minimum atomic E-state index is -0.360. The third-order valence-corrected chi connectivity index (χ3v) is 3.38. The van der Waals surface area contributed by atoms with Crippen LogP contribution in [-0.4, -0.2) is 18.5 Å². The third kappa shape index (κ3) is 4.59. The molecule has 0 atom stereocenters. The fourth-order valence-electron chi connectivity index (χ4n) is 2.06. The highest BCUT2D eigenvalue weighted by molar-refractivity contribution is 5.96. The van der Waals surface area contributed by atoms with Crippen LogP contribution in [0, 0.1) is 5.92 Å². The van der Waals surface area contributed by atoms with Gasteiger partial charge in [0.05, 0.1) is 17.9 Å². The lowest BCUT2D eigenvalue weighted by atomic mass is 10.1. The number of amides is 1. The van der Waals surface area contributed by atoms with Crippen LogP contribution in [0.5, 0.6) is 0 Å². The van der Waals surface area contributed by atoms with Crippen LogP contribution < -0.4 is 10.6 Å². The minimum Gasteiger partial charge on any atom is -0.462 e. The van der Waals surface area contributed by atoms with Crippen molar-refractivity contribution in [3.8, 4) is 0 Å². The zero-order chi connectivity index (χ0) is 17.5. The molecule has 0 heterocycles. The molecule has 0 fully saturated rings. The molecule has 0 saturated heterocycles. The first kappa shape index (κ1) is 17.5. The fraction of sp³-hybridized carbons (Fsp3) is 0.263. The van der Waals surface area contributed by atoms with Crippen LogP contribution in [0.25, 0.3) is 0 Å². The summed E-state index contributed by atoms with van der Waals surface area (Å²) < 4.78 is 5.07. The standard InChI is InChI=1S/C19H22N2O3/c1-4-24-19(23)16-7-5-6-8-17(16)20-14-9-11-15(12-10-14)21-18(22)13(2)3/h5-13,20H,4H2,1-3H3,(H,21,22). The van der Waals surface area contributed by atoms with E-state index in [4.69, 9.17) is 4.74 Å². The Morgan fingerprint density at radius 1 is 1.00 bits per heavy atom. The number of benzene rings is 2. The summed E-state index contributed by atoms with van der Waals surface area (Å²) in [5.41, 5.74) is 2.71. The lowest BCUT2D eigenvalue weighted by Gasteiger charge is -2.12. The van der Waals surface area contributed by atoms with E-state index in [1.807, 2.05) is 50.2 Å². The lowest BCUT2D eigenvalue weighted by Crippen LogP contribution is -2.17. The van der Waals surface area contributed by atoms with Gasteiger partial charge in [0, 0.05) is 17.3 Å². The minimum absolute atomic E-state index is 0.0247. The summed E-state index contributed by atoms with van der Waals surface area (Å²) in [6.07, 6.45) is 0. The summed E-state index contributed by atoms with van der Waals surface area (Å²) in [5, 5.41) is 6.04. The van der Waals surface area contributed by atoms with Crippen LogP contribution in [0.1, 0.15) is 31.1 Å². The third-order valence-electron chi connectivity index (χ3n) is 3.38. The molecule has 0 spiro atoms. The van der Waals surface area contributed by atoms with Gasteiger partial charge in [-0.05, 0) is 43.3 Å². The molecule has 2 N–H and O–H groups in total. The Labute approximate surface area is 142 Å². The Hall–Kier alpha value is -2.82. The molecule has 2 aromatic rings. The van der Waals surface area contributed by atoms with Crippen molar-refractivity contribution in [3.05, 3.63) is 54.1 Å². The summed E-state index contributed by atoms with van der Waals surface area (Å²) in [6, 6.07) is 14.5. The first-order valence-corrected chi connectivity index (χ1v) is 7.95. The lowest BCUT2D eigenvalue weighted by molar-refractivity contribution is -0.118. The van der Waals surface area contributed by atoms with Crippen molar-refractivity contribution in [1.29, 1.82) is 0 Å². The van der Waals surface area contributed by atoms with Crippen molar-refractivity contribution in [2.45, 2.75) is 20.8 Å². The van der Waals surface area contributed by atoms with E-state index < -0.39 is 0 Å². The molecule has 1 amide bonds. The fourth-order valence-corrected chi connectivity index (χ4v) is 2.06. The van der Waals surface area contributed by atoms with Gasteiger partial charge in [-0.25, -0.2) is 4.79 Å². The Morgan fingerprint density at radius 2 is 1.62 bits per heavy atom. The van der Waals surface area contributed by atoms with Gasteiger partial charge in [0.15, 0.2) is 0 Å². The Morgan fingerprint density at radius 3 is 2.25 bits per heavy atom. The van der Waals surface area contributed by atoms with Crippen molar-refractivity contribution in [3.63, 3.8) is 0 Å². The normalized spacial score (nSPS) is 10.3. The van der Waals surface area contributed by atoms with E-state index in [2.05, 4.69) is 10.6 Å². The predicted octanol–water partition coefficient (Wildman–Crippen LogP) is 4.20. The second-order valence-corrected chi connectivity index (χ2v) is 5.61. The number of para-hydroxylation sites is 1. The number of ether oxygens (including phenoxy) is 1. The van der Waals surface area contributed by atoms with Gasteiger partial charge in [-0.2, -0.15) is 0 Å². The molecule has 2 rings (SSSR count). The molecular formula is C19H22N2O3. The SMILES string of the molecule is CCOC(=O)c1ccccc1Nc1ccc(NC(=O)C(C)C)cc1. The largest absolute Gasteiger partial charge is 0.462 e. The van der Waals surface area contributed by atoms with Crippen molar-refractivity contribution < 1.29 is 14.3 Å². The summed E-state index contributed by atoms with van der Waals surface area (Å²) in [4.78, 5) is 23.7. The van der Waals surface area contributed by atoms with Gasteiger partial charge in [0.1, 0.15) is 0 Å². The average molecular weight is 326 g/mol. The molecule has 0 aromatic heterocycles. The number of nitrogens with one attached hydrogen (secondary N) is 2. The zero-order valence-corrected chi connectivity index (χ0v) is 14.1. The van der Waals surface area contributed by atoms with Gasteiger partial charge >= 0.3 is 5.97 Å². The maximum atomic E-state index is 12.0. The topological polar surface area (TPSA) is 67.4 Å². The average Bonchev–Trinajstić information content (AvgIpc) is 2.57. The van der Waals surface area contributed by atoms with Gasteiger partial charge in [-0.15, -0.1) is 0 Å². The maximum Gasteiger partial charge on any atom is 0.340 e. The Bertz CT molecular complexity index is 709. The molecule has 5 heteroatoms. The van der Waals surface area contributed by atoms with E-state index >= 15 is 0 Å². The summed E-state index contributed by atoms with van der Waals surface area (Å²) in [6.45, 7) is 5.80. The second-order valence-electron chi connectivity index (χ2n) is 5.61. The van der Waals surface area contributed by atoms with Crippen LogP contribution in [0.15, 0.2) is 48.5 Å². The Balaban J connectivity index is 2.12. The van der Waals surface area contributed by atoms with Crippen LogP contribution in [0.3, 0.4) is 0 Å². The highest BCUT2D eigenvalue weighted by atomic mass is 16.5. The summed E-state index contributed by atoms with van der Waals surface area (Å²) >= 11 is 0. The van der Waals surface area contributed by atoms with Crippen molar-refractivity contribution >= 4 is 28.9 Å². The number of hydrogen-bond acceptors (Lipinski definition) is 4. The molecule has 0 aliphatic carbocycles. The van der Waals surface area contributed by atoms with Crippen LogP contribution >= 0.6 is 0 Å². The van der Waals surface area contributed by atoms with Crippen LogP contribution in [-0.2, 0) is 9.53 Å². The smallest absolute Gasteiger partial charge is 0.340 e. The first-order valence-electron chi connectivity index (χ1n) is 7.95. The number of rotatable bonds is 6. The zero-order valence-electron chi connectivity index (χ0n) is 14.1. The monoisotopic (exact) mass is 326 g/mol. The van der Waals surface area contributed by atoms with Gasteiger partial charge in [-0.3, -0.25) is 4.79 Å². The second kappa shape index (κ2) is 8.15. The van der Waals surface area contributed by atoms with Crippen molar-refractivity contribution in [2.75, 3.05) is 17.2 Å². The molecule has 5 nitrogen and oxygen atoms in total. The summed E-state index contributed by atoms with van der Waals surface area (Å²) in [5.74, 6) is -0.455. The highest BCUT2D eigenvalue weighted by Gasteiger charge is 2.12. The number of esters is 1. The quantitative estimate of drug-likeness (QED) is 0.781. The van der Waals surface area contributed by atoms with E-state index in [1.165, 1.54) is 0 Å². The van der Waals surface area contributed by atoms with Gasteiger partial charge in [0.25, 0.3) is 0 Å². The van der Waals surface area contributed by atoms with Gasteiger partial charge in [-0.1, -0.05) is 26.0 Å². The first-order chi connectivity index (χ1) is 11.5. The van der Waals surface area contributed by atoms with Crippen molar-refractivity contribution in [1.82, 2.24) is 0 Å². The molecule has 0 bridgehead atoms. The number of carbonyl (C=O) groups excluding carboxylic acids is 2. The number of anilines is 3. The molecule has 0 saturated carbocycles. The van der Waals surface area contributed by atoms with Crippen LogP contribution in [0.4, 0.5) is 17.1 Å². The molecule has 0 aliphatic heterocycles. The van der Waals surface area contributed by atoms with Gasteiger partial charge in [0.2, 0.25) is 5.91 Å². The molecule has 0 aliphatic rings. The summed E-state index contributed by atoms with van der Waals surface area (Å²) in [7, 11) is 0. The van der Waals surface area contributed by atoms with E-state index in [0.29, 0.717) is 17.9 Å². The maximum absolute atomic E-state index is 12.0. The molecule has 2 aromatic carbocycles. The predicted molar refractivity (Wildman–Crippen MR) is 95.6 cm³/mol. The van der Waals surface area contributed by atoms with E-state index in [1.54, 1.807) is 19.1 Å². The van der Waals surface area contributed by atoms with Crippen molar-refractivity contribution in [2.24, 2.45) is 5.92 Å². The van der Waals surface area contributed by atoms with Gasteiger partial charge < -0.3 is 15.4 Å². The molecule has 0 unspecified atom stereocenters. The van der Waals surface area contributed by atoms with E-state index in [0.717, 1.165) is 11.4 Å². The number of carbonyl (C=O) groups is 2. The Kier molecular flexibility index (Phi) is 5.95. The van der Waals surface area contributed by atoms with E-state index in [9.17, 15) is 9.59 Å². The molecule has 126 valence electrons. The molecular weight excluding hydrogens is 304 g/mol. The number of hydrogen-bond donors (Lipinski definition) is 2. The van der Waals surface area contributed by atoms with E-state index in [-0.39, 0.29) is 17.8 Å². The van der Waals surface area contributed by atoms with Crippen LogP contribution in [0.2, 0.25) is 0 Å². The highest BCUT2D eigenvalue weighted by Crippen LogP contribution is 2.23.